The minimum atomic E-state index is -0.711. The van der Waals surface area contributed by atoms with Gasteiger partial charge in [0.25, 0.3) is 5.56 Å². The lowest BCUT2D eigenvalue weighted by Gasteiger charge is -2.11. The van der Waals surface area contributed by atoms with Gasteiger partial charge in [0.05, 0.1) is 5.39 Å². The van der Waals surface area contributed by atoms with Gasteiger partial charge in [0.1, 0.15) is 0 Å². The van der Waals surface area contributed by atoms with Crippen molar-refractivity contribution in [3.05, 3.63) is 63.3 Å². The quantitative estimate of drug-likeness (QED) is 0.295. The second-order valence-electron chi connectivity index (χ2n) is 7.83. The summed E-state index contributed by atoms with van der Waals surface area (Å²) in [7, 11) is 1.88. The van der Waals surface area contributed by atoms with Crippen molar-refractivity contribution in [1.29, 1.82) is 0 Å². The van der Waals surface area contributed by atoms with Gasteiger partial charge in [-0.2, -0.15) is 5.10 Å². The molecule has 31 heavy (non-hydrogen) atoms. The number of ketones is 1. The van der Waals surface area contributed by atoms with Gasteiger partial charge in [-0.15, -0.1) is 0 Å². The molecule has 0 aliphatic rings. The molecule has 7 heteroatoms. The number of benzene rings is 1. The van der Waals surface area contributed by atoms with E-state index in [1.165, 1.54) is 4.68 Å². The van der Waals surface area contributed by atoms with E-state index in [2.05, 4.69) is 12.0 Å². The van der Waals surface area contributed by atoms with Crippen LogP contribution in [0.5, 0.6) is 0 Å². The van der Waals surface area contributed by atoms with E-state index in [4.69, 9.17) is 4.74 Å². The molecule has 0 fully saturated rings. The molecule has 0 radical (unpaired) electrons. The fraction of sp³-hybridized carbons (Fsp3) is 0.417. The lowest BCUT2D eigenvalue weighted by molar-refractivity contribution is 0.0468. The number of rotatable bonds is 9. The normalized spacial score (nSPS) is 11.1. The third kappa shape index (κ3) is 4.76. The summed E-state index contributed by atoms with van der Waals surface area (Å²) in [6, 6.07) is 8.64. The highest BCUT2D eigenvalue weighted by atomic mass is 16.5. The molecule has 0 bridgehead atoms. The van der Waals surface area contributed by atoms with Crippen LogP contribution in [0.2, 0.25) is 0 Å². The molecule has 3 aromatic rings. The van der Waals surface area contributed by atoms with Gasteiger partial charge >= 0.3 is 5.97 Å². The lowest BCUT2D eigenvalue weighted by atomic mass is 10.1. The molecule has 0 saturated carbocycles. The topological polar surface area (TPSA) is 83.2 Å². The fourth-order valence-electron chi connectivity index (χ4n) is 3.64. The van der Waals surface area contributed by atoms with Gasteiger partial charge in [0.15, 0.2) is 12.3 Å². The maximum atomic E-state index is 12.8. The van der Waals surface area contributed by atoms with Crippen LogP contribution in [0.3, 0.4) is 0 Å². The molecule has 1 aromatic carbocycles. The number of Topliss-reactive ketones (excluding diaryl/α,β-unsaturated/α-hetero) is 1. The van der Waals surface area contributed by atoms with E-state index in [9.17, 15) is 14.4 Å². The van der Waals surface area contributed by atoms with E-state index >= 15 is 0 Å². The van der Waals surface area contributed by atoms with Gasteiger partial charge < -0.3 is 9.30 Å². The first-order valence-electron chi connectivity index (χ1n) is 10.7. The van der Waals surface area contributed by atoms with E-state index in [1.807, 2.05) is 25.5 Å². The molecular weight excluding hydrogens is 394 g/mol. The summed E-state index contributed by atoms with van der Waals surface area (Å²) in [4.78, 5) is 38.2. The van der Waals surface area contributed by atoms with Crippen LogP contribution < -0.4 is 5.56 Å². The number of aryl methyl sites for hydroxylation is 2. The Labute approximate surface area is 181 Å². The van der Waals surface area contributed by atoms with E-state index < -0.39 is 5.97 Å². The van der Waals surface area contributed by atoms with Gasteiger partial charge in [-0.3, -0.25) is 9.59 Å². The first-order valence-corrected chi connectivity index (χ1v) is 10.7. The van der Waals surface area contributed by atoms with Crippen molar-refractivity contribution in [3.8, 4) is 0 Å². The number of aromatic nitrogens is 3. The second-order valence-corrected chi connectivity index (χ2v) is 7.83. The van der Waals surface area contributed by atoms with Gasteiger partial charge in [-0.25, -0.2) is 9.48 Å². The van der Waals surface area contributed by atoms with Crippen LogP contribution in [-0.4, -0.2) is 32.7 Å². The Morgan fingerprint density at radius 2 is 1.77 bits per heavy atom. The average molecular weight is 424 g/mol. The molecule has 2 heterocycles. The van der Waals surface area contributed by atoms with E-state index in [0.29, 0.717) is 22.9 Å². The highest BCUT2D eigenvalue weighted by molar-refractivity contribution is 6.04. The number of esters is 1. The zero-order valence-corrected chi connectivity index (χ0v) is 18.6. The summed E-state index contributed by atoms with van der Waals surface area (Å²) in [6.07, 6.45) is 3.96. The Kier molecular flexibility index (Phi) is 7.05. The standard InChI is InChI=1S/C24H29N3O4/c1-5-6-7-10-13-27-23(29)19-12-9-8-11-18(19)22(25-27)24(30)31-15-21(28)20-14-16(2)26(4)17(20)3/h8-9,11-12,14H,5-7,10,13,15H2,1-4H3. The Balaban J connectivity index is 1.84. The van der Waals surface area contributed by atoms with Crippen molar-refractivity contribution >= 4 is 22.5 Å². The van der Waals surface area contributed by atoms with E-state index in [1.54, 1.807) is 30.3 Å². The zero-order chi connectivity index (χ0) is 22.5. The summed E-state index contributed by atoms with van der Waals surface area (Å²) in [6.45, 7) is 5.94. The van der Waals surface area contributed by atoms with Crippen LogP contribution in [0.15, 0.2) is 35.1 Å². The van der Waals surface area contributed by atoms with Gasteiger partial charge in [0.2, 0.25) is 5.78 Å². The summed E-state index contributed by atoms with van der Waals surface area (Å²) in [5, 5.41) is 5.15. The van der Waals surface area contributed by atoms with Crippen LogP contribution in [0, 0.1) is 13.8 Å². The van der Waals surface area contributed by atoms with Crippen LogP contribution in [-0.2, 0) is 18.3 Å². The predicted molar refractivity (Wildman–Crippen MR) is 120 cm³/mol. The Morgan fingerprint density at radius 3 is 2.42 bits per heavy atom. The number of unbranched alkanes of at least 4 members (excludes halogenated alkanes) is 3. The fourth-order valence-corrected chi connectivity index (χ4v) is 3.64. The molecule has 0 aliphatic heterocycles. The van der Waals surface area contributed by atoms with Crippen molar-refractivity contribution in [2.45, 2.75) is 53.0 Å². The van der Waals surface area contributed by atoms with Gasteiger partial charge in [-0.05, 0) is 32.4 Å². The highest BCUT2D eigenvalue weighted by Gasteiger charge is 2.21. The van der Waals surface area contributed by atoms with E-state index in [0.717, 1.165) is 37.1 Å². The van der Waals surface area contributed by atoms with Crippen LogP contribution in [0.1, 0.15) is 64.8 Å². The molecule has 0 atom stereocenters. The summed E-state index contributed by atoms with van der Waals surface area (Å²) >= 11 is 0. The van der Waals surface area contributed by atoms with Crippen LogP contribution >= 0.6 is 0 Å². The molecule has 0 spiro atoms. The minimum Gasteiger partial charge on any atom is -0.452 e. The first kappa shape index (κ1) is 22.5. The second kappa shape index (κ2) is 9.73. The van der Waals surface area contributed by atoms with Crippen LogP contribution in [0.4, 0.5) is 0 Å². The largest absolute Gasteiger partial charge is 0.452 e. The van der Waals surface area contributed by atoms with Crippen molar-refractivity contribution in [2.75, 3.05) is 6.61 Å². The summed E-state index contributed by atoms with van der Waals surface area (Å²) in [5.74, 6) is -0.982. The first-order chi connectivity index (χ1) is 14.8. The third-order valence-corrected chi connectivity index (χ3v) is 5.69. The number of fused-ring (bicyclic) bond motifs is 1. The molecule has 2 aromatic heterocycles. The van der Waals surface area contributed by atoms with Gasteiger partial charge in [0, 0.05) is 35.9 Å². The molecule has 0 saturated heterocycles. The van der Waals surface area contributed by atoms with Crippen molar-refractivity contribution in [2.24, 2.45) is 7.05 Å². The molecule has 7 nitrogen and oxygen atoms in total. The Hall–Kier alpha value is -3.22. The maximum Gasteiger partial charge on any atom is 0.359 e. The Bertz CT molecular complexity index is 1170. The maximum absolute atomic E-state index is 12.8. The lowest BCUT2D eigenvalue weighted by Crippen LogP contribution is -2.27. The van der Waals surface area contributed by atoms with Crippen molar-refractivity contribution < 1.29 is 14.3 Å². The molecular formula is C24H29N3O4. The molecule has 164 valence electrons. The van der Waals surface area contributed by atoms with Gasteiger partial charge in [-0.1, -0.05) is 44.4 Å². The monoisotopic (exact) mass is 423 g/mol. The number of hydrogen-bond donors (Lipinski definition) is 0. The SMILES string of the molecule is CCCCCCn1nc(C(=O)OCC(=O)c2cc(C)n(C)c2C)c2ccccc2c1=O. The number of hydrogen-bond acceptors (Lipinski definition) is 5. The molecule has 0 N–H and O–H groups in total. The summed E-state index contributed by atoms with van der Waals surface area (Å²) in [5.41, 5.74) is 2.14. The predicted octanol–water partition coefficient (Wildman–Crippen LogP) is 3.97. The number of ether oxygens (including phenoxy) is 1. The summed E-state index contributed by atoms with van der Waals surface area (Å²) < 4.78 is 8.57. The highest BCUT2D eigenvalue weighted by Crippen LogP contribution is 2.17. The smallest absolute Gasteiger partial charge is 0.359 e. The number of nitrogens with zero attached hydrogens (tertiary/aromatic N) is 3. The van der Waals surface area contributed by atoms with Crippen molar-refractivity contribution in [3.63, 3.8) is 0 Å². The average Bonchev–Trinajstić information content (AvgIpc) is 3.03. The van der Waals surface area contributed by atoms with Crippen molar-refractivity contribution in [1.82, 2.24) is 14.3 Å². The number of carbonyl (C=O) groups is 2. The molecule has 0 amide bonds. The zero-order valence-electron chi connectivity index (χ0n) is 18.6. The molecule has 3 rings (SSSR count). The number of carbonyl (C=O) groups excluding carboxylic acids is 2. The minimum absolute atomic E-state index is 0.0551. The third-order valence-electron chi connectivity index (χ3n) is 5.69. The van der Waals surface area contributed by atoms with Crippen LogP contribution in [0.25, 0.3) is 10.8 Å². The molecule has 0 aliphatic carbocycles. The Morgan fingerprint density at radius 1 is 1.06 bits per heavy atom. The molecule has 0 unspecified atom stereocenters. The van der Waals surface area contributed by atoms with E-state index in [-0.39, 0.29) is 23.6 Å².